The number of aromatic nitrogens is 4. The number of benzene rings is 6. The van der Waals surface area contributed by atoms with Crippen molar-refractivity contribution >= 4 is 50.8 Å². The van der Waals surface area contributed by atoms with E-state index in [0.717, 1.165) is 76.8 Å². The first kappa shape index (κ1) is 37.6. The molecule has 0 amide bonds. The number of fused-ring (bicyclic) bond motifs is 4. The van der Waals surface area contributed by atoms with Gasteiger partial charge in [0.05, 0.1) is 22.4 Å². The maximum absolute atomic E-state index is 8.60. The molecule has 0 saturated heterocycles. The average molecular weight is 1060 g/mol. The summed E-state index contributed by atoms with van der Waals surface area (Å²) in [5.74, 6) is 7.30. The zero-order chi connectivity index (χ0) is 47.3. The van der Waals surface area contributed by atoms with E-state index in [1.165, 1.54) is 6.07 Å². The summed E-state index contributed by atoms with van der Waals surface area (Å²) in [5.41, 5.74) is 12.8. The monoisotopic (exact) mass is 1070 g/mol. The first-order chi connectivity index (χ1) is 32.0. The molecule has 0 bridgehead atoms. The van der Waals surface area contributed by atoms with Crippen molar-refractivity contribution in [2.75, 3.05) is 0 Å². The van der Waals surface area contributed by atoms with E-state index >= 15 is 0 Å². The van der Waals surface area contributed by atoms with Crippen LogP contribution in [0.5, 0.6) is 0 Å². The smallest absolute Gasteiger partial charge is 0 e. The quantitative estimate of drug-likeness (QED) is 0.112. The van der Waals surface area contributed by atoms with E-state index in [0.29, 0.717) is 22.5 Å². The first-order valence-corrected chi connectivity index (χ1v) is 28.3. The van der Waals surface area contributed by atoms with Gasteiger partial charge in [0, 0.05) is 42.4 Å². The second kappa shape index (κ2) is 18.4. The molecular weight excluding hydrogens is 1010 g/mol. The summed E-state index contributed by atoms with van der Waals surface area (Å²) in [4.78, 5) is 14.4. The van der Waals surface area contributed by atoms with Gasteiger partial charge in [-0.2, -0.15) is 0 Å². The predicted molar refractivity (Wildman–Crippen MR) is 261 cm³/mol. The van der Waals surface area contributed by atoms with E-state index < -0.39 is 26.5 Å². The minimum absolute atomic E-state index is 0. The summed E-state index contributed by atoms with van der Waals surface area (Å²) in [6.45, 7) is 3.59. The van der Waals surface area contributed by atoms with Crippen LogP contribution in [-0.4, -0.2) is 32.8 Å². The fraction of sp³-hybridized carbons (Fsp3) is 0.161. The molecule has 7 heteroatoms. The molecule has 1 radical (unpaired) electrons. The molecule has 10 aromatic rings. The van der Waals surface area contributed by atoms with Crippen molar-refractivity contribution in [3.63, 3.8) is 0 Å². The molecule has 0 aliphatic heterocycles. The number of furan rings is 1. The fourth-order valence-corrected chi connectivity index (χ4v) is 10.9. The molecule has 0 saturated carbocycles. The Balaban J connectivity index is 0.000000202. The average Bonchev–Trinajstić information content (AvgIpc) is 3.90. The third kappa shape index (κ3) is 9.12. The SMILES string of the molecule is Cc1ccc2c(n1)oc1c(-c3nc4ccccc4n3-c3cc(-c4ccccc4)ccc3-c3ccccc3)[c-]ccc12.[2H]C([2H])([2H])c1c[c-]c(-c2cc(C([2H])([2H])C(C)C)[c]([Ge]([CH3])([CH3])[CH3])cn2)cc1.[Ir]. The van der Waals surface area contributed by atoms with Crippen molar-refractivity contribution in [3.05, 3.63) is 187 Å². The van der Waals surface area contributed by atoms with E-state index in [4.69, 9.17) is 16.3 Å². The summed E-state index contributed by atoms with van der Waals surface area (Å²) in [5, 5.41) is 1.99. The fourth-order valence-electron chi connectivity index (χ4n) is 7.92. The Morgan fingerprint density at radius 1 is 0.762 bits per heavy atom. The standard InChI is InChI=1S/C37H24N3O.C19H26GeN.Ir/c1-24-19-21-30-29-15-10-16-31(35(29)41-37(30)38-24)36-39-32-17-8-9-18-33(32)40(36)34-23-27(25-11-4-2-5-12-25)20-22-28(34)26-13-6-3-7-14-26;1-14(2)11-17-12-19(16-9-7-15(3)8-10-16)21-13-18(17)20(4,5)6;/h2-15,17-23H,1H3;7-9,12-14H,11H2,1-6H3;/q2*-1;/i;3D3,11D2;. The number of rotatable bonds is 8. The van der Waals surface area contributed by atoms with Gasteiger partial charge < -0.3 is 8.98 Å². The van der Waals surface area contributed by atoms with Gasteiger partial charge in [0.15, 0.2) is 0 Å². The van der Waals surface area contributed by atoms with Gasteiger partial charge in [0.1, 0.15) is 0 Å². The predicted octanol–water partition coefficient (Wildman–Crippen LogP) is 14.0. The van der Waals surface area contributed by atoms with Gasteiger partial charge >= 0.3 is 139 Å². The Labute approximate surface area is 394 Å². The van der Waals surface area contributed by atoms with Crippen LogP contribution in [0.4, 0.5) is 0 Å². The Morgan fingerprint density at radius 2 is 1.51 bits per heavy atom. The van der Waals surface area contributed by atoms with Crippen molar-refractivity contribution in [2.45, 2.75) is 51.3 Å². The van der Waals surface area contributed by atoms with Crippen LogP contribution in [0.25, 0.3) is 83.7 Å². The number of nitrogens with zero attached hydrogens (tertiary/aromatic N) is 4. The molecular formula is C56H50GeIrN4O-2. The van der Waals surface area contributed by atoms with Gasteiger partial charge in [0.25, 0.3) is 0 Å². The van der Waals surface area contributed by atoms with E-state index in [2.05, 4.69) is 135 Å². The summed E-state index contributed by atoms with van der Waals surface area (Å²) in [6, 6.07) is 57.0. The molecule has 0 spiro atoms. The maximum Gasteiger partial charge on any atom is 0 e. The topological polar surface area (TPSA) is 56.7 Å². The molecule has 63 heavy (non-hydrogen) atoms. The van der Waals surface area contributed by atoms with E-state index in [-0.39, 0.29) is 31.6 Å². The normalized spacial score (nSPS) is 13.1. The van der Waals surface area contributed by atoms with Crippen molar-refractivity contribution in [2.24, 2.45) is 5.92 Å². The van der Waals surface area contributed by atoms with Crippen LogP contribution in [0.2, 0.25) is 17.3 Å². The van der Waals surface area contributed by atoms with Crippen LogP contribution in [0.1, 0.15) is 37.5 Å². The van der Waals surface area contributed by atoms with Gasteiger partial charge in [-0.15, -0.1) is 18.2 Å². The molecule has 4 aromatic heterocycles. The Kier molecular flexibility index (Phi) is 11.0. The zero-order valence-corrected chi connectivity index (χ0v) is 40.6. The first-order valence-electron chi connectivity index (χ1n) is 23.5. The molecule has 0 aliphatic rings. The summed E-state index contributed by atoms with van der Waals surface area (Å²) < 4.78 is 49.3. The van der Waals surface area contributed by atoms with Crippen LogP contribution in [-0.2, 0) is 26.5 Å². The minimum atomic E-state index is -2.32. The summed E-state index contributed by atoms with van der Waals surface area (Å²) in [6.07, 6.45) is 0.362. The van der Waals surface area contributed by atoms with Gasteiger partial charge in [0.2, 0.25) is 5.71 Å². The third-order valence-corrected chi connectivity index (χ3v) is 15.1. The minimum Gasteiger partial charge on any atom is 0 e. The van der Waals surface area contributed by atoms with Crippen LogP contribution in [0, 0.1) is 31.8 Å². The molecule has 6 aromatic carbocycles. The van der Waals surface area contributed by atoms with E-state index in [1.54, 1.807) is 12.1 Å². The number of pyridine rings is 2. The Bertz CT molecular complexity index is 3400. The number of aryl methyl sites for hydroxylation is 2. The molecule has 0 atom stereocenters. The van der Waals surface area contributed by atoms with Crippen LogP contribution in [0.3, 0.4) is 0 Å². The molecule has 0 N–H and O–H groups in total. The van der Waals surface area contributed by atoms with E-state index in [9.17, 15) is 0 Å². The largest absolute Gasteiger partial charge is 0 e. The number of hydrogen-bond acceptors (Lipinski definition) is 4. The second-order valence-electron chi connectivity index (χ2n) is 16.9. The number of para-hydroxylation sites is 2. The third-order valence-electron chi connectivity index (χ3n) is 10.9. The second-order valence-corrected chi connectivity index (χ2v) is 27.5. The van der Waals surface area contributed by atoms with Crippen molar-refractivity contribution in [1.82, 2.24) is 19.5 Å². The van der Waals surface area contributed by atoms with Gasteiger partial charge in [-0.1, -0.05) is 95.9 Å². The van der Waals surface area contributed by atoms with Crippen LogP contribution < -0.4 is 4.40 Å². The van der Waals surface area contributed by atoms with Gasteiger partial charge in [-0.25, -0.2) is 4.98 Å². The molecule has 5 nitrogen and oxygen atoms in total. The Hall–Kier alpha value is -5.92. The molecule has 315 valence electrons. The Morgan fingerprint density at radius 3 is 2.22 bits per heavy atom. The number of imidazole rings is 1. The molecule has 0 unspecified atom stereocenters. The maximum atomic E-state index is 8.60. The van der Waals surface area contributed by atoms with Crippen molar-refractivity contribution in [3.8, 4) is 50.6 Å². The van der Waals surface area contributed by atoms with E-state index in [1.807, 2.05) is 69.4 Å². The number of hydrogen-bond donors (Lipinski definition) is 0. The van der Waals surface area contributed by atoms with Crippen LogP contribution in [0.15, 0.2) is 162 Å². The van der Waals surface area contributed by atoms with Gasteiger partial charge in [-0.3, -0.25) is 4.98 Å². The van der Waals surface area contributed by atoms with Crippen molar-refractivity contribution in [1.29, 1.82) is 0 Å². The summed E-state index contributed by atoms with van der Waals surface area (Å²) >= 11 is -2.32. The van der Waals surface area contributed by atoms with Crippen LogP contribution >= 0.6 is 0 Å². The molecule has 0 aliphatic carbocycles. The molecule has 4 heterocycles. The van der Waals surface area contributed by atoms with Gasteiger partial charge in [-0.05, 0) is 53.9 Å². The molecule has 10 rings (SSSR count). The zero-order valence-electron chi connectivity index (χ0n) is 41.1. The summed E-state index contributed by atoms with van der Waals surface area (Å²) in [7, 11) is 0. The molecule has 0 fully saturated rings. The van der Waals surface area contributed by atoms with Crippen molar-refractivity contribution < 1.29 is 31.4 Å².